The highest BCUT2D eigenvalue weighted by atomic mass is 79.9. The number of carbonyl (C=O) groups excluding carboxylic acids is 3. The second-order valence-electron chi connectivity index (χ2n) is 7.36. The lowest BCUT2D eigenvalue weighted by Gasteiger charge is -2.24. The van der Waals surface area contributed by atoms with Crippen LogP contribution in [-0.2, 0) is 4.74 Å². The van der Waals surface area contributed by atoms with Gasteiger partial charge in [-0.05, 0) is 48.5 Å². The summed E-state index contributed by atoms with van der Waals surface area (Å²) < 4.78 is 6.13. The summed E-state index contributed by atoms with van der Waals surface area (Å²) in [6, 6.07) is 31.6. The molecule has 0 unspecified atom stereocenters. The molecule has 0 aliphatic carbocycles. The van der Waals surface area contributed by atoms with Crippen molar-refractivity contribution in [2.24, 2.45) is 0 Å². The summed E-state index contributed by atoms with van der Waals surface area (Å²) in [7, 11) is 0. The molecular formula is C28H20BrNO4. The molecule has 1 amide bonds. The second kappa shape index (κ2) is 10.7. The number of para-hydroxylation sites is 2. The monoisotopic (exact) mass is 513 g/mol. The summed E-state index contributed by atoms with van der Waals surface area (Å²) in [5.74, 6) is -1.46. The minimum Gasteiger partial charge on any atom is -0.454 e. The van der Waals surface area contributed by atoms with Gasteiger partial charge in [-0.25, -0.2) is 4.79 Å². The van der Waals surface area contributed by atoms with Crippen LogP contribution in [0, 0.1) is 0 Å². The Bertz CT molecular complexity index is 1270. The van der Waals surface area contributed by atoms with Crippen LogP contribution in [0.2, 0.25) is 0 Å². The molecule has 0 saturated heterocycles. The standard InChI is InChI=1S/C28H20BrNO4/c29-21-17-15-20(16-18-21)26(31)19-34-28(33)25-14-8-7-13-24(25)27(32)30(22-9-3-1-4-10-22)23-11-5-2-6-12-23/h1-18H,19H2. The van der Waals surface area contributed by atoms with Crippen LogP contribution in [0.3, 0.4) is 0 Å². The molecule has 4 aromatic carbocycles. The fraction of sp³-hybridized carbons (Fsp3) is 0.0357. The summed E-state index contributed by atoms with van der Waals surface area (Å²) >= 11 is 3.32. The number of anilines is 2. The third kappa shape index (κ3) is 5.30. The Labute approximate surface area is 205 Å². The number of nitrogens with zero attached hydrogens (tertiary/aromatic N) is 1. The molecule has 0 heterocycles. The zero-order valence-corrected chi connectivity index (χ0v) is 19.6. The van der Waals surface area contributed by atoms with E-state index in [0.29, 0.717) is 16.9 Å². The maximum absolute atomic E-state index is 13.7. The number of hydrogen-bond donors (Lipinski definition) is 0. The van der Waals surface area contributed by atoms with E-state index in [1.165, 1.54) is 6.07 Å². The Morgan fingerprint density at radius 1 is 0.647 bits per heavy atom. The highest BCUT2D eigenvalue weighted by molar-refractivity contribution is 9.10. The van der Waals surface area contributed by atoms with Gasteiger partial charge < -0.3 is 4.74 Å². The molecule has 4 aromatic rings. The van der Waals surface area contributed by atoms with Crippen LogP contribution < -0.4 is 4.90 Å². The van der Waals surface area contributed by atoms with Crippen molar-refractivity contribution in [2.75, 3.05) is 11.5 Å². The Morgan fingerprint density at radius 3 is 1.71 bits per heavy atom. The van der Waals surface area contributed by atoms with E-state index < -0.39 is 12.6 Å². The first-order chi connectivity index (χ1) is 16.5. The van der Waals surface area contributed by atoms with Gasteiger partial charge in [-0.2, -0.15) is 0 Å². The van der Waals surface area contributed by atoms with Crippen molar-refractivity contribution in [3.05, 3.63) is 130 Å². The Kier molecular flexibility index (Phi) is 7.30. The maximum atomic E-state index is 13.7. The van der Waals surface area contributed by atoms with Crippen molar-refractivity contribution >= 4 is 45.0 Å². The molecule has 0 spiro atoms. The molecule has 34 heavy (non-hydrogen) atoms. The van der Waals surface area contributed by atoms with E-state index in [-0.39, 0.29) is 22.8 Å². The van der Waals surface area contributed by atoms with Gasteiger partial charge in [0.05, 0.1) is 11.1 Å². The average Bonchev–Trinajstić information content (AvgIpc) is 2.89. The van der Waals surface area contributed by atoms with Crippen LogP contribution in [0.5, 0.6) is 0 Å². The largest absolute Gasteiger partial charge is 0.454 e. The lowest BCUT2D eigenvalue weighted by Crippen LogP contribution is -2.28. The highest BCUT2D eigenvalue weighted by Crippen LogP contribution is 2.28. The Hall–Kier alpha value is -4.03. The average molecular weight is 514 g/mol. The quantitative estimate of drug-likeness (QED) is 0.210. The maximum Gasteiger partial charge on any atom is 0.339 e. The van der Waals surface area contributed by atoms with Gasteiger partial charge in [0.15, 0.2) is 12.4 Å². The first-order valence-electron chi connectivity index (χ1n) is 10.5. The lowest BCUT2D eigenvalue weighted by molar-refractivity contribution is 0.0472. The van der Waals surface area contributed by atoms with Gasteiger partial charge in [-0.15, -0.1) is 0 Å². The third-order valence-corrected chi connectivity index (χ3v) is 5.64. The molecule has 0 fully saturated rings. The number of hydrogen-bond acceptors (Lipinski definition) is 4. The van der Waals surface area contributed by atoms with Gasteiger partial charge in [-0.3, -0.25) is 14.5 Å². The molecule has 168 valence electrons. The number of Topliss-reactive ketones (excluding diaryl/α,β-unsaturated/α-hetero) is 1. The van der Waals surface area contributed by atoms with Crippen LogP contribution >= 0.6 is 15.9 Å². The summed E-state index contributed by atoms with van der Waals surface area (Å²) in [6.07, 6.45) is 0. The number of amides is 1. The number of esters is 1. The van der Waals surface area contributed by atoms with Gasteiger partial charge in [0.1, 0.15) is 0 Å². The smallest absolute Gasteiger partial charge is 0.339 e. The summed E-state index contributed by atoms with van der Waals surface area (Å²) in [5.41, 5.74) is 2.02. The number of ether oxygens (including phenoxy) is 1. The predicted molar refractivity (Wildman–Crippen MR) is 135 cm³/mol. The molecule has 4 rings (SSSR count). The number of ketones is 1. The van der Waals surface area contributed by atoms with Crippen molar-refractivity contribution in [2.45, 2.75) is 0 Å². The minimum absolute atomic E-state index is 0.0907. The van der Waals surface area contributed by atoms with Crippen LogP contribution in [0.1, 0.15) is 31.1 Å². The fourth-order valence-corrected chi connectivity index (χ4v) is 3.70. The minimum atomic E-state index is -0.740. The number of halogens is 1. The van der Waals surface area contributed by atoms with Crippen LogP contribution in [0.15, 0.2) is 114 Å². The highest BCUT2D eigenvalue weighted by Gasteiger charge is 2.25. The first-order valence-corrected chi connectivity index (χ1v) is 11.3. The molecular weight excluding hydrogens is 494 g/mol. The van der Waals surface area contributed by atoms with Crippen molar-refractivity contribution in [3.63, 3.8) is 0 Å². The van der Waals surface area contributed by atoms with E-state index in [4.69, 9.17) is 4.74 Å². The topological polar surface area (TPSA) is 63.7 Å². The first kappa shape index (κ1) is 23.1. The summed E-state index contributed by atoms with van der Waals surface area (Å²) in [4.78, 5) is 40.6. The van der Waals surface area contributed by atoms with E-state index in [0.717, 1.165) is 4.47 Å². The predicted octanol–water partition coefficient (Wildman–Crippen LogP) is 6.47. The van der Waals surface area contributed by atoms with Gasteiger partial charge in [0, 0.05) is 21.4 Å². The van der Waals surface area contributed by atoms with Crippen molar-refractivity contribution in [1.82, 2.24) is 0 Å². The van der Waals surface area contributed by atoms with E-state index in [1.54, 1.807) is 47.4 Å². The SMILES string of the molecule is O=C(COC(=O)c1ccccc1C(=O)N(c1ccccc1)c1ccccc1)c1ccc(Br)cc1. The van der Waals surface area contributed by atoms with Gasteiger partial charge in [-0.1, -0.05) is 76.6 Å². The molecule has 5 nitrogen and oxygen atoms in total. The third-order valence-electron chi connectivity index (χ3n) is 5.11. The van der Waals surface area contributed by atoms with Crippen molar-refractivity contribution in [3.8, 4) is 0 Å². The fourth-order valence-electron chi connectivity index (χ4n) is 3.43. The Balaban J connectivity index is 1.60. The van der Waals surface area contributed by atoms with Crippen LogP contribution in [0.25, 0.3) is 0 Å². The molecule has 6 heteroatoms. The molecule has 0 atom stereocenters. The number of rotatable bonds is 7. The van der Waals surface area contributed by atoms with Crippen LogP contribution in [0.4, 0.5) is 11.4 Å². The summed E-state index contributed by atoms with van der Waals surface area (Å²) in [5, 5.41) is 0. The van der Waals surface area contributed by atoms with Crippen molar-refractivity contribution in [1.29, 1.82) is 0 Å². The van der Waals surface area contributed by atoms with E-state index in [1.807, 2.05) is 60.7 Å². The lowest BCUT2D eigenvalue weighted by atomic mass is 10.1. The Morgan fingerprint density at radius 2 is 1.15 bits per heavy atom. The zero-order valence-electron chi connectivity index (χ0n) is 18.1. The molecule has 0 aliphatic heterocycles. The molecule has 0 aliphatic rings. The van der Waals surface area contributed by atoms with Gasteiger partial charge in [0.2, 0.25) is 0 Å². The van der Waals surface area contributed by atoms with Gasteiger partial charge in [0.25, 0.3) is 5.91 Å². The molecule has 0 saturated carbocycles. The second-order valence-corrected chi connectivity index (χ2v) is 8.28. The van der Waals surface area contributed by atoms with Crippen molar-refractivity contribution < 1.29 is 19.1 Å². The van der Waals surface area contributed by atoms with E-state index in [2.05, 4.69) is 15.9 Å². The van der Waals surface area contributed by atoms with Gasteiger partial charge >= 0.3 is 5.97 Å². The summed E-state index contributed by atoms with van der Waals surface area (Å²) in [6.45, 7) is -0.427. The zero-order chi connectivity index (χ0) is 23.9. The molecule has 0 bridgehead atoms. The van der Waals surface area contributed by atoms with E-state index >= 15 is 0 Å². The molecule has 0 aromatic heterocycles. The number of carbonyl (C=O) groups is 3. The molecule has 0 radical (unpaired) electrons. The van der Waals surface area contributed by atoms with E-state index in [9.17, 15) is 14.4 Å². The van der Waals surface area contributed by atoms with Crippen LogP contribution in [-0.4, -0.2) is 24.3 Å². The molecule has 0 N–H and O–H groups in total. The number of benzene rings is 4. The normalized spacial score (nSPS) is 10.4.